The lowest BCUT2D eigenvalue weighted by atomic mass is 9.97. The van der Waals surface area contributed by atoms with Gasteiger partial charge in [0.1, 0.15) is 11.6 Å². The first-order valence-corrected chi connectivity index (χ1v) is 11.8. The van der Waals surface area contributed by atoms with E-state index >= 15 is 0 Å². The third kappa shape index (κ3) is 4.31. The number of morpholine rings is 1. The molecule has 35 heavy (non-hydrogen) atoms. The summed E-state index contributed by atoms with van der Waals surface area (Å²) < 4.78 is 11.8. The van der Waals surface area contributed by atoms with Crippen LogP contribution in [-0.2, 0) is 4.74 Å². The number of ether oxygens (including phenoxy) is 2. The van der Waals surface area contributed by atoms with Gasteiger partial charge in [-0.05, 0) is 56.2 Å². The fourth-order valence-electron chi connectivity index (χ4n) is 4.93. The number of methoxy groups -OCH3 is 1. The Hall–Kier alpha value is -3.95. The van der Waals surface area contributed by atoms with Gasteiger partial charge in [-0.3, -0.25) is 4.98 Å². The van der Waals surface area contributed by atoms with Gasteiger partial charge in [0.05, 0.1) is 36.5 Å². The molecule has 0 amide bonds. The van der Waals surface area contributed by atoms with Gasteiger partial charge in [0.2, 0.25) is 0 Å². The van der Waals surface area contributed by atoms with Crippen LogP contribution in [0.4, 0.5) is 5.82 Å². The number of aromatic nitrogens is 2. The van der Waals surface area contributed by atoms with Crippen molar-refractivity contribution in [3.8, 4) is 34.1 Å². The summed E-state index contributed by atoms with van der Waals surface area (Å²) >= 11 is 0. The van der Waals surface area contributed by atoms with Crippen molar-refractivity contribution in [2.45, 2.75) is 33.0 Å². The van der Waals surface area contributed by atoms with Crippen LogP contribution in [0.2, 0.25) is 0 Å². The van der Waals surface area contributed by atoms with Crippen LogP contribution < -0.4 is 9.64 Å². The molecule has 1 unspecified atom stereocenters. The number of anilines is 1. The molecular weight excluding hydrogens is 436 g/mol. The molecule has 6 nitrogen and oxygen atoms in total. The number of hydrogen-bond donors (Lipinski definition) is 0. The normalized spacial score (nSPS) is 17.9. The zero-order valence-electron chi connectivity index (χ0n) is 20.4. The molecule has 0 spiro atoms. The molecule has 1 aliphatic rings. The zero-order chi connectivity index (χ0) is 24.5. The van der Waals surface area contributed by atoms with Gasteiger partial charge in [-0.2, -0.15) is 5.26 Å². The van der Waals surface area contributed by atoms with Crippen LogP contribution in [0.1, 0.15) is 25.0 Å². The second-order valence-electron chi connectivity index (χ2n) is 9.12. The summed E-state index contributed by atoms with van der Waals surface area (Å²) in [6.45, 7) is 7.96. The minimum atomic E-state index is 0.176. The van der Waals surface area contributed by atoms with E-state index in [1.54, 1.807) is 7.11 Å². The highest BCUT2D eigenvalue weighted by molar-refractivity contribution is 6.00. The summed E-state index contributed by atoms with van der Waals surface area (Å²) in [7, 11) is 1.69. The number of pyridine rings is 2. The second-order valence-corrected chi connectivity index (χ2v) is 9.12. The van der Waals surface area contributed by atoms with Crippen molar-refractivity contribution in [2.24, 2.45) is 0 Å². The van der Waals surface area contributed by atoms with Gasteiger partial charge in [-0.15, -0.1) is 0 Å². The lowest BCUT2D eigenvalue weighted by Gasteiger charge is -2.36. The number of para-hydroxylation sites is 1. The highest BCUT2D eigenvalue weighted by Gasteiger charge is 2.24. The first-order chi connectivity index (χ1) is 17.0. The average molecular weight is 465 g/mol. The minimum absolute atomic E-state index is 0.176. The van der Waals surface area contributed by atoms with Crippen LogP contribution in [0.15, 0.2) is 60.9 Å². The maximum atomic E-state index is 9.12. The molecule has 3 heterocycles. The first-order valence-electron chi connectivity index (χ1n) is 11.8. The van der Waals surface area contributed by atoms with Crippen LogP contribution in [0.3, 0.4) is 0 Å². The predicted octanol–water partition coefficient (Wildman–Crippen LogP) is 5.77. The van der Waals surface area contributed by atoms with E-state index in [1.165, 1.54) is 0 Å². The Labute approximate surface area is 205 Å². The molecule has 2 aromatic heterocycles. The minimum Gasteiger partial charge on any atom is -0.495 e. The highest BCUT2D eigenvalue weighted by Crippen LogP contribution is 2.40. The van der Waals surface area contributed by atoms with Crippen LogP contribution >= 0.6 is 0 Å². The van der Waals surface area contributed by atoms with Gasteiger partial charge < -0.3 is 14.4 Å². The molecule has 4 aromatic rings. The van der Waals surface area contributed by atoms with Gasteiger partial charge in [0.15, 0.2) is 0 Å². The summed E-state index contributed by atoms with van der Waals surface area (Å²) in [5.41, 5.74) is 6.52. The molecule has 1 aliphatic heterocycles. The van der Waals surface area contributed by atoms with Gasteiger partial charge in [-0.25, -0.2) is 4.98 Å². The van der Waals surface area contributed by atoms with Gasteiger partial charge >= 0.3 is 0 Å². The van der Waals surface area contributed by atoms with Crippen LogP contribution in [0.5, 0.6) is 5.75 Å². The molecule has 1 fully saturated rings. The van der Waals surface area contributed by atoms with E-state index in [9.17, 15) is 0 Å². The Morgan fingerprint density at radius 2 is 1.69 bits per heavy atom. The Morgan fingerprint density at radius 3 is 2.34 bits per heavy atom. The lowest BCUT2D eigenvalue weighted by molar-refractivity contribution is -0.00546. The van der Waals surface area contributed by atoms with Crippen LogP contribution in [0.25, 0.3) is 33.2 Å². The molecule has 0 bridgehead atoms. The molecule has 0 saturated carbocycles. The SMILES string of the molecule is COc1c(-c2cnc(N3CC(C)O[C@H](C)C3)cc2C)cnc2c(-c3ccc(C#N)cc3)cccc12. The molecule has 176 valence electrons. The predicted molar refractivity (Wildman–Crippen MR) is 139 cm³/mol. The molecule has 2 atom stereocenters. The van der Waals surface area contributed by atoms with Crippen LogP contribution in [0, 0.1) is 18.3 Å². The van der Waals surface area contributed by atoms with E-state index < -0.39 is 0 Å². The Balaban J connectivity index is 1.56. The van der Waals surface area contributed by atoms with Crippen molar-refractivity contribution < 1.29 is 9.47 Å². The maximum absolute atomic E-state index is 9.12. The Kier molecular flexibility index (Phi) is 6.10. The molecule has 0 aliphatic carbocycles. The summed E-state index contributed by atoms with van der Waals surface area (Å²) in [6.07, 6.45) is 4.15. The molecule has 0 N–H and O–H groups in total. The smallest absolute Gasteiger partial charge is 0.137 e. The summed E-state index contributed by atoms with van der Waals surface area (Å²) in [5, 5.41) is 10.1. The quantitative estimate of drug-likeness (QED) is 0.382. The molecule has 0 radical (unpaired) electrons. The van der Waals surface area contributed by atoms with Gasteiger partial charge in [0.25, 0.3) is 0 Å². The number of aryl methyl sites for hydroxylation is 1. The summed E-state index contributed by atoms with van der Waals surface area (Å²) in [6, 6.07) is 18.0. The fourth-order valence-corrected chi connectivity index (χ4v) is 4.93. The fraction of sp³-hybridized carbons (Fsp3) is 0.276. The molecule has 1 saturated heterocycles. The third-order valence-corrected chi connectivity index (χ3v) is 6.51. The third-order valence-electron chi connectivity index (χ3n) is 6.51. The largest absolute Gasteiger partial charge is 0.495 e. The van der Waals surface area contributed by atoms with Crippen molar-refractivity contribution in [1.82, 2.24) is 9.97 Å². The number of hydrogen-bond acceptors (Lipinski definition) is 6. The maximum Gasteiger partial charge on any atom is 0.137 e. The van der Waals surface area contributed by atoms with Gasteiger partial charge in [0, 0.05) is 47.6 Å². The van der Waals surface area contributed by atoms with E-state index in [-0.39, 0.29) is 12.2 Å². The number of rotatable bonds is 4. The molecule has 2 aromatic carbocycles. The molecule has 6 heteroatoms. The standard InChI is InChI=1S/C29H28N4O2/c1-18-12-27(33-16-19(2)35-20(3)17-33)31-14-25(18)26-15-32-28-23(6-5-7-24(28)29(26)34-4)22-10-8-21(13-30)9-11-22/h5-12,14-15,19-20H,16-17H2,1-4H3/t19-,20?/m1/s1. The van der Waals surface area contributed by atoms with E-state index in [1.807, 2.05) is 54.9 Å². The number of nitrogens with zero attached hydrogens (tertiary/aromatic N) is 4. The Bertz CT molecular complexity index is 1420. The van der Waals surface area contributed by atoms with Gasteiger partial charge in [-0.1, -0.05) is 24.3 Å². The van der Waals surface area contributed by atoms with Crippen molar-refractivity contribution in [2.75, 3.05) is 25.1 Å². The number of benzene rings is 2. The topological polar surface area (TPSA) is 71.3 Å². The highest BCUT2D eigenvalue weighted by atomic mass is 16.5. The van der Waals surface area contributed by atoms with E-state index in [0.29, 0.717) is 5.56 Å². The van der Waals surface area contributed by atoms with Crippen molar-refractivity contribution >= 4 is 16.7 Å². The van der Waals surface area contributed by atoms with E-state index in [4.69, 9.17) is 24.7 Å². The zero-order valence-corrected chi connectivity index (χ0v) is 20.4. The first kappa shape index (κ1) is 22.8. The molecular formula is C29H28N4O2. The summed E-state index contributed by atoms with van der Waals surface area (Å²) in [4.78, 5) is 12.0. The van der Waals surface area contributed by atoms with Crippen molar-refractivity contribution in [1.29, 1.82) is 5.26 Å². The number of nitriles is 1. The number of fused-ring (bicyclic) bond motifs is 1. The average Bonchev–Trinajstić information content (AvgIpc) is 2.87. The second kappa shape index (κ2) is 9.36. The molecule has 5 rings (SSSR count). The van der Waals surface area contributed by atoms with Crippen molar-refractivity contribution in [3.05, 3.63) is 72.1 Å². The van der Waals surface area contributed by atoms with Crippen molar-refractivity contribution in [3.63, 3.8) is 0 Å². The van der Waals surface area contributed by atoms with E-state index in [0.717, 1.165) is 63.4 Å². The monoisotopic (exact) mass is 464 g/mol. The van der Waals surface area contributed by atoms with E-state index in [2.05, 4.69) is 37.8 Å². The summed E-state index contributed by atoms with van der Waals surface area (Å²) in [5.74, 6) is 1.74. The van der Waals surface area contributed by atoms with Crippen LogP contribution in [-0.4, -0.2) is 42.4 Å². The lowest BCUT2D eigenvalue weighted by Crippen LogP contribution is -2.45. The Morgan fingerprint density at radius 1 is 0.971 bits per heavy atom.